The molecule has 3 nitrogen and oxygen atoms in total. The number of aliphatic hydroxyl groups excluding tert-OH is 1. The van der Waals surface area contributed by atoms with Crippen LogP contribution in [0.15, 0.2) is 18.5 Å². The maximum absolute atomic E-state index is 9.67. The van der Waals surface area contributed by atoms with E-state index in [1.165, 1.54) is 12.8 Å². The van der Waals surface area contributed by atoms with Crippen molar-refractivity contribution >= 4 is 0 Å². The van der Waals surface area contributed by atoms with Crippen molar-refractivity contribution in [3.8, 4) is 0 Å². The summed E-state index contributed by atoms with van der Waals surface area (Å²) in [7, 11) is 0. The van der Waals surface area contributed by atoms with Crippen LogP contribution in [0.2, 0.25) is 0 Å². The fourth-order valence-corrected chi connectivity index (χ4v) is 1.41. The van der Waals surface area contributed by atoms with Gasteiger partial charge in [0.2, 0.25) is 0 Å². The highest BCUT2D eigenvalue weighted by Gasteiger charge is 2.22. The molecule has 0 bridgehead atoms. The molecule has 3 heteroatoms. The zero-order valence-electron chi connectivity index (χ0n) is 7.56. The molecule has 1 N–H and O–H groups in total. The number of aromatic nitrogens is 2. The second-order valence-electron chi connectivity index (χ2n) is 3.64. The molecule has 1 saturated carbocycles. The Balaban J connectivity index is 1.85. The van der Waals surface area contributed by atoms with Crippen LogP contribution in [0, 0.1) is 5.92 Å². The van der Waals surface area contributed by atoms with E-state index in [9.17, 15) is 5.11 Å². The number of rotatable bonds is 4. The summed E-state index contributed by atoms with van der Waals surface area (Å²) in [5.41, 5.74) is 0. The monoisotopic (exact) mass is 178 g/mol. The fraction of sp³-hybridized carbons (Fsp3) is 0.600. The first-order valence-corrected chi connectivity index (χ1v) is 4.81. The Hall–Kier alpha value is -0.960. The van der Waals surface area contributed by atoms with Crippen LogP contribution in [0.25, 0.3) is 0 Å². The van der Waals surface area contributed by atoms with Crippen LogP contribution in [-0.2, 0) is 0 Å². The molecule has 0 spiro atoms. The first kappa shape index (κ1) is 8.63. The van der Waals surface area contributed by atoms with E-state index in [1.54, 1.807) is 18.5 Å². The summed E-state index contributed by atoms with van der Waals surface area (Å²) >= 11 is 0. The lowest BCUT2D eigenvalue weighted by Crippen LogP contribution is -2.02. The highest BCUT2D eigenvalue weighted by atomic mass is 16.3. The van der Waals surface area contributed by atoms with Gasteiger partial charge in [0.05, 0.1) is 0 Å². The van der Waals surface area contributed by atoms with Gasteiger partial charge in [-0.2, -0.15) is 0 Å². The van der Waals surface area contributed by atoms with Gasteiger partial charge in [-0.15, -0.1) is 0 Å². The van der Waals surface area contributed by atoms with Gasteiger partial charge >= 0.3 is 0 Å². The van der Waals surface area contributed by atoms with Crippen LogP contribution in [-0.4, -0.2) is 15.1 Å². The normalized spacial score (nSPS) is 18.5. The number of hydrogen-bond donors (Lipinski definition) is 1. The van der Waals surface area contributed by atoms with Gasteiger partial charge in [0.15, 0.2) is 5.82 Å². The van der Waals surface area contributed by atoms with Crippen LogP contribution in [0.3, 0.4) is 0 Å². The molecule has 1 aliphatic carbocycles. The molecule has 13 heavy (non-hydrogen) atoms. The molecule has 1 fully saturated rings. The average molecular weight is 178 g/mol. The largest absolute Gasteiger partial charge is 0.385 e. The van der Waals surface area contributed by atoms with Gasteiger partial charge in [0.1, 0.15) is 6.10 Å². The molecular formula is C10H14N2O. The fourth-order valence-electron chi connectivity index (χ4n) is 1.41. The number of hydrogen-bond acceptors (Lipinski definition) is 3. The second kappa shape index (κ2) is 3.83. The van der Waals surface area contributed by atoms with E-state index in [0.717, 1.165) is 18.8 Å². The Morgan fingerprint density at radius 2 is 2.08 bits per heavy atom. The third-order valence-electron chi connectivity index (χ3n) is 2.43. The molecule has 1 heterocycles. The van der Waals surface area contributed by atoms with E-state index in [0.29, 0.717) is 5.82 Å². The number of aliphatic hydroxyl groups is 1. The summed E-state index contributed by atoms with van der Waals surface area (Å²) in [4.78, 5) is 8.03. The summed E-state index contributed by atoms with van der Waals surface area (Å²) in [5, 5.41) is 9.67. The van der Waals surface area contributed by atoms with Crippen molar-refractivity contribution in [2.45, 2.75) is 31.8 Å². The minimum atomic E-state index is -0.471. The van der Waals surface area contributed by atoms with Gasteiger partial charge in [0, 0.05) is 12.4 Å². The van der Waals surface area contributed by atoms with Gasteiger partial charge in [-0.25, -0.2) is 9.97 Å². The molecule has 2 rings (SSSR count). The number of nitrogens with zero attached hydrogens (tertiary/aromatic N) is 2. The Morgan fingerprint density at radius 1 is 1.38 bits per heavy atom. The Bertz CT molecular complexity index is 259. The second-order valence-corrected chi connectivity index (χ2v) is 3.64. The zero-order chi connectivity index (χ0) is 9.10. The molecular weight excluding hydrogens is 164 g/mol. The van der Waals surface area contributed by atoms with Crippen LogP contribution < -0.4 is 0 Å². The molecule has 0 saturated heterocycles. The lowest BCUT2D eigenvalue weighted by molar-refractivity contribution is 0.152. The maximum atomic E-state index is 9.67. The van der Waals surface area contributed by atoms with E-state index in [1.807, 2.05) is 0 Å². The van der Waals surface area contributed by atoms with Crippen molar-refractivity contribution in [1.82, 2.24) is 9.97 Å². The third-order valence-corrected chi connectivity index (χ3v) is 2.43. The minimum absolute atomic E-state index is 0.471. The van der Waals surface area contributed by atoms with Crippen LogP contribution in [0.1, 0.15) is 37.6 Å². The summed E-state index contributed by atoms with van der Waals surface area (Å²) in [5.74, 6) is 1.42. The molecule has 1 unspecified atom stereocenters. The molecule has 0 amide bonds. The predicted molar refractivity (Wildman–Crippen MR) is 48.9 cm³/mol. The molecule has 1 aromatic rings. The standard InChI is InChI=1S/C10H14N2O/c13-9(5-4-8-2-3-8)10-11-6-1-7-12-10/h1,6-9,13H,2-5H2. The van der Waals surface area contributed by atoms with E-state index in [-0.39, 0.29) is 0 Å². The Morgan fingerprint density at radius 3 is 2.69 bits per heavy atom. The van der Waals surface area contributed by atoms with Crippen LogP contribution >= 0.6 is 0 Å². The summed E-state index contributed by atoms with van der Waals surface area (Å²) in [6.07, 6.45) is 7.45. The average Bonchev–Trinajstić information content (AvgIpc) is 2.99. The first-order valence-electron chi connectivity index (χ1n) is 4.81. The van der Waals surface area contributed by atoms with E-state index in [4.69, 9.17) is 0 Å². The summed E-state index contributed by atoms with van der Waals surface area (Å²) < 4.78 is 0. The topological polar surface area (TPSA) is 46.0 Å². The third kappa shape index (κ3) is 2.49. The SMILES string of the molecule is OC(CCC1CC1)c1ncccn1. The van der Waals surface area contributed by atoms with E-state index >= 15 is 0 Å². The summed E-state index contributed by atoms with van der Waals surface area (Å²) in [6, 6.07) is 1.76. The minimum Gasteiger partial charge on any atom is -0.385 e. The van der Waals surface area contributed by atoms with Crippen molar-refractivity contribution in [3.05, 3.63) is 24.3 Å². The van der Waals surface area contributed by atoms with Crippen LogP contribution in [0.5, 0.6) is 0 Å². The van der Waals surface area contributed by atoms with E-state index < -0.39 is 6.10 Å². The first-order chi connectivity index (χ1) is 6.36. The van der Waals surface area contributed by atoms with Gasteiger partial charge < -0.3 is 5.11 Å². The zero-order valence-corrected chi connectivity index (χ0v) is 7.56. The van der Waals surface area contributed by atoms with Crippen molar-refractivity contribution in [1.29, 1.82) is 0 Å². The molecule has 1 atom stereocenters. The lowest BCUT2D eigenvalue weighted by atomic mass is 10.1. The van der Waals surface area contributed by atoms with Gasteiger partial charge in [0.25, 0.3) is 0 Å². The molecule has 0 radical (unpaired) electrons. The quantitative estimate of drug-likeness (QED) is 0.763. The maximum Gasteiger partial charge on any atom is 0.156 e. The van der Waals surface area contributed by atoms with Gasteiger partial charge in [-0.1, -0.05) is 12.8 Å². The molecule has 1 aliphatic rings. The molecule has 0 aliphatic heterocycles. The highest BCUT2D eigenvalue weighted by Crippen LogP contribution is 2.35. The molecule has 70 valence electrons. The highest BCUT2D eigenvalue weighted by molar-refractivity contribution is 4.92. The van der Waals surface area contributed by atoms with Crippen molar-refractivity contribution in [2.24, 2.45) is 5.92 Å². The van der Waals surface area contributed by atoms with Crippen molar-refractivity contribution in [2.75, 3.05) is 0 Å². The predicted octanol–water partition coefficient (Wildman–Crippen LogP) is 1.70. The summed E-state index contributed by atoms with van der Waals surface area (Å²) in [6.45, 7) is 0. The molecule has 1 aromatic heterocycles. The van der Waals surface area contributed by atoms with Crippen molar-refractivity contribution in [3.63, 3.8) is 0 Å². The lowest BCUT2D eigenvalue weighted by Gasteiger charge is -2.07. The molecule has 0 aromatic carbocycles. The smallest absolute Gasteiger partial charge is 0.156 e. The van der Waals surface area contributed by atoms with Gasteiger partial charge in [-0.05, 0) is 24.8 Å². The van der Waals surface area contributed by atoms with Crippen LogP contribution in [0.4, 0.5) is 0 Å². The van der Waals surface area contributed by atoms with Gasteiger partial charge in [-0.3, -0.25) is 0 Å². The Labute approximate surface area is 77.8 Å². The Kier molecular flexibility index (Phi) is 2.54. The van der Waals surface area contributed by atoms with Crippen molar-refractivity contribution < 1.29 is 5.11 Å². The van der Waals surface area contributed by atoms with E-state index in [2.05, 4.69) is 9.97 Å².